The Morgan fingerprint density at radius 3 is 1.93 bits per heavy atom. The quantitative estimate of drug-likeness (QED) is 0.261. The molecule has 0 atom stereocenters. The van der Waals surface area contributed by atoms with Gasteiger partial charge in [0.1, 0.15) is 3.41 Å². The lowest BCUT2D eigenvalue weighted by molar-refractivity contribution is 0.698. The number of hydrogen-bond donors (Lipinski definition) is 0. The lowest BCUT2D eigenvalue weighted by atomic mass is 10.1. The minimum absolute atomic E-state index is 0.0701. The molecule has 4 aromatic rings. The van der Waals surface area contributed by atoms with E-state index in [1.54, 1.807) is 0 Å². The first-order valence-corrected chi connectivity index (χ1v) is 12.9. The predicted molar refractivity (Wildman–Crippen MR) is 135 cm³/mol. The second kappa shape index (κ2) is 9.13. The van der Waals surface area contributed by atoms with Crippen molar-refractivity contribution in [3.63, 3.8) is 0 Å². The summed E-state index contributed by atoms with van der Waals surface area (Å²) < 4.78 is 0.0701. The van der Waals surface area contributed by atoms with Gasteiger partial charge in [0, 0.05) is 20.1 Å². The summed E-state index contributed by atoms with van der Waals surface area (Å²) >= 11 is 6.16. The maximum Gasteiger partial charge on any atom is 0.120 e. The molecular weight excluding hydrogens is 420 g/mol. The largest absolute Gasteiger partial charge is 0.120 e. The van der Waals surface area contributed by atoms with Crippen LogP contribution in [0.3, 0.4) is 0 Å². The molecule has 0 amide bonds. The van der Waals surface area contributed by atoms with Gasteiger partial charge >= 0.3 is 0 Å². The van der Waals surface area contributed by atoms with E-state index in [0.29, 0.717) is 0 Å². The number of hydrogen-bond acceptors (Lipinski definition) is 3. The van der Waals surface area contributed by atoms with Gasteiger partial charge in [-0.1, -0.05) is 108 Å². The third kappa shape index (κ3) is 4.44. The average molecular weight is 445 g/mol. The molecule has 0 radical (unpaired) electrons. The van der Waals surface area contributed by atoms with E-state index in [-0.39, 0.29) is 3.41 Å². The topological polar surface area (TPSA) is 0 Å². The number of thioether (sulfide) groups is 3. The van der Waals surface area contributed by atoms with Gasteiger partial charge in [-0.2, -0.15) is 0 Å². The first-order valence-electron chi connectivity index (χ1n) is 10.5. The van der Waals surface area contributed by atoms with Gasteiger partial charge in [0.2, 0.25) is 0 Å². The maximum atomic E-state index is 2.31. The highest BCUT2D eigenvalue weighted by Gasteiger charge is 2.38. The van der Waals surface area contributed by atoms with Crippen molar-refractivity contribution in [3.05, 3.63) is 103 Å². The minimum atomic E-state index is 0.0701. The van der Waals surface area contributed by atoms with Crippen LogP contribution in [0.15, 0.2) is 112 Å². The van der Waals surface area contributed by atoms with E-state index in [1.165, 1.54) is 50.3 Å². The van der Waals surface area contributed by atoms with E-state index in [4.69, 9.17) is 0 Å². The number of unbranched alkanes of at least 4 members (excludes halogenated alkanes) is 1. The van der Waals surface area contributed by atoms with E-state index >= 15 is 0 Å². The Labute approximate surface area is 191 Å². The molecule has 0 saturated heterocycles. The van der Waals surface area contributed by atoms with E-state index < -0.39 is 0 Å². The summed E-state index contributed by atoms with van der Waals surface area (Å²) in [5.74, 6) is 0. The Balaban J connectivity index is 1.39. The fourth-order valence-corrected chi connectivity index (χ4v) is 9.21. The van der Waals surface area contributed by atoms with Gasteiger partial charge in [0.05, 0.1) is 0 Å². The molecule has 1 aliphatic heterocycles. The van der Waals surface area contributed by atoms with Gasteiger partial charge in [-0.25, -0.2) is 0 Å². The highest BCUT2D eigenvalue weighted by atomic mass is 32.3. The molecule has 0 aromatic heterocycles. The Morgan fingerprint density at radius 2 is 1.27 bits per heavy atom. The van der Waals surface area contributed by atoms with Crippen LogP contribution >= 0.6 is 35.3 Å². The lowest BCUT2D eigenvalue weighted by Crippen LogP contribution is -2.18. The summed E-state index contributed by atoms with van der Waals surface area (Å²) in [7, 11) is 0. The van der Waals surface area contributed by atoms with Crippen molar-refractivity contribution in [2.45, 2.75) is 43.8 Å². The number of rotatable bonds is 7. The zero-order valence-electron chi connectivity index (χ0n) is 16.8. The predicted octanol–water partition coefficient (Wildman–Crippen LogP) is 8.90. The summed E-state index contributed by atoms with van der Waals surface area (Å²) in [5.41, 5.74) is 1.45. The van der Waals surface area contributed by atoms with Crippen LogP contribution < -0.4 is 0 Å². The van der Waals surface area contributed by atoms with Crippen LogP contribution in [0.1, 0.15) is 24.8 Å². The molecule has 0 N–H and O–H groups in total. The van der Waals surface area contributed by atoms with Gasteiger partial charge in [-0.15, -0.1) is 0 Å². The maximum absolute atomic E-state index is 2.31. The Bertz CT molecular complexity index is 1080. The van der Waals surface area contributed by atoms with Crippen molar-refractivity contribution in [2.75, 3.05) is 0 Å². The summed E-state index contributed by atoms with van der Waals surface area (Å²) in [5, 5.41) is 2.79. The van der Waals surface area contributed by atoms with E-state index in [2.05, 4.69) is 121 Å². The zero-order chi connectivity index (χ0) is 20.2. The van der Waals surface area contributed by atoms with Crippen LogP contribution in [0.4, 0.5) is 0 Å². The Hall–Kier alpha value is -1.81. The van der Waals surface area contributed by atoms with Crippen LogP contribution in [0, 0.1) is 0 Å². The molecule has 1 aliphatic rings. The van der Waals surface area contributed by atoms with E-state index in [0.717, 1.165) is 6.42 Å². The van der Waals surface area contributed by atoms with E-state index in [9.17, 15) is 0 Å². The molecular formula is C27H24S3. The molecule has 0 aliphatic carbocycles. The van der Waals surface area contributed by atoms with Crippen molar-refractivity contribution < 1.29 is 0 Å². The lowest BCUT2D eigenvalue weighted by Gasteiger charge is -2.36. The monoisotopic (exact) mass is 444 g/mol. The molecule has 3 heteroatoms. The molecule has 4 aromatic carbocycles. The van der Waals surface area contributed by atoms with Crippen molar-refractivity contribution in [2.24, 2.45) is 0 Å². The third-order valence-electron chi connectivity index (χ3n) is 5.42. The molecule has 0 bridgehead atoms. The highest BCUT2D eigenvalue weighted by Crippen LogP contribution is 2.63. The van der Waals surface area contributed by atoms with Crippen LogP contribution in [0.2, 0.25) is 0 Å². The molecule has 0 unspecified atom stereocenters. The van der Waals surface area contributed by atoms with Crippen LogP contribution in [0.5, 0.6) is 0 Å². The van der Waals surface area contributed by atoms with Crippen molar-refractivity contribution in [1.82, 2.24) is 0 Å². The molecule has 0 saturated carbocycles. The molecule has 5 rings (SSSR count). The number of benzene rings is 4. The first kappa shape index (κ1) is 20.1. The second-order valence-electron chi connectivity index (χ2n) is 7.61. The average Bonchev–Trinajstić information content (AvgIpc) is 2.79. The molecule has 1 heterocycles. The van der Waals surface area contributed by atoms with Gasteiger partial charge in [0.15, 0.2) is 0 Å². The summed E-state index contributed by atoms with van der Waals surface area (Å²) in [6, 6.07) is 35.3. The first-order chi connectivity index (χ1) is 14.8. The SMILES string of the molecule is c1ccc(CCCCC2(Sc3ccccc3)Sc3cccc4cccc(c34)S2)cc1. The zero-order valence-corrected chi connectivity index (χ0v) is 19.2. The van der Waals surface area contributed by atoms with Gasteiger partial charge in [-0.05, 0) is 60.9 Å². The fourth-order valence-electron chi connectivity index (χ4n) is 3.98. The van der Waals surface area contributed by atoms with Crippen molar-refractivity contribution in [3.8, 4) is 0 Å². The molecule has 0 fully saturated rings. The van der Waals surface area contributed by atoms with E-state index in [1.807, 2.05) is 11.8 Å². The number of aryl methyl sites for hydroxylation is 1. The second-order valence-corrected chi connectivity index (χ2v) is 12.4. The molecule has 150 valence electrons. The fraction of sp³-hybridized carbons (Fsp3) is 0.185. The Morgan fingerprint density at radius 1 is 0.633 bits per heavy atom. The van der Waals surface area contributed by atoms with Gasteiger partial charge in [-0.3, -0.25) is 0 Å². The Kier molecular flexibility index (Phi) is 6.12. The van der Waals surface area contributed by atoms with Crippen LogP contribution in [0.25, 0.3) is 10.8 Å². The third-order valence-corrected chi connectivity index (χ3v) is 10.1. The molecule has 30 heavy (non-hydrogen) atoms. The van der Waals surface area contributed by atoms with Gasteiger partial charge in [0.25, 0.3) is 0 Å². The smallest absolute Gasteiger partial charge is 0.0966 e. The summed E-state index contributed by atoms with van der Waals surface area (Å²) in [6.45, 7) is 0. The molecule has 0 nitrogen and oxygen atoms in total. The standard InChI is InChI=1S/C27H24S3/c1-3-11-21(12-4-1)13-7-8-20-27(28-23-16-5-2-6-17-23)29-24-18-9-14-22-15-10-19-25(30-27)26(22)24/h1-6,9-12,14-19H,7-8,13,20H2. The van der Waals surface area contributed by atoms with Crippen molar-refractivity contribution >= 4 is 46.1 Å². The minimum Gasteiger partial charge on any atom is -0.0966 e. The normalized spacial score (nSPS) is 14.7. The van der Waals surface area contributed by atoms with Crippen LogP contribution in [-0.2, 0) is 6.42 Å². The highest BCUT2D eigenvalue weighted by molar-refractivity contribution is 8.34. The summed E-state index contributed by atoms with van der Waals surface area (Å²) in [4.78, 5) is 4.20. The van der Waals surface area contributed by atoms with Crippen molar-refractivity contribution in [1.29, 1.82) is 0 Å². The molecule has 0 spiro atoms. The van der Waals surface area contributed by atoms with Crippen LogP contribution in [-0.4, -0.2) is 3.41 Å². The summed E-state index contributed by atoms with van der Waals surface area (Å²) in [6.07, 6.45) is 4.80. The van der Waals surface area contributed by atoms with Gasteiger partial charge < -0.3 is 0 Å².